The van der Waals surface area contributed by atoms with Gasteiger partial charge in [-0.15, -0.1) is 0 Å². The van der Waals surface area contributed by atoms with Crippen LogP contribution in [0.4, 0.5) is 0 Å². The lowest BCUT2D eigenvalue weighted by atomic mass is 10.1. The monoisotopic (exact) mass is 297 g/mol. The van der Waals surface area contributed by atoms with Gasteiger partial charge in [0.25, 0.3) is 5.91 Å². The fourth-order valence-electron chi connectivity index (χ4n) is 1.82. The van der Waals surface area contributed by atoms with Crippen LogP contribution in [0.3, 0.4) is 0 Å². The molecule has 1 aromatic carbocycles. The van der Waals surface area contributed by atoms with E-state index < -0.39 is 0 Å². The number of carbonyl (C=O) groups is 1. The summed E-state index contributed by atoms with van der Waals surface area (Å²) >= 11 is 3.47. The minimum atomic E-state index is 0.126. The molecule has 0 aromatic heterocycles. The van der Waals surface area contributed by atoms with Crippen LogP contribution in [0.25, 0.3) is 0 Å². The van der Waals surface area contributed by atoms with E-state index in [9.17, 15) is 4.79 Å². The number of rotatable bonds is 5. The number of nitrogens with zero attached hydrogens (tertiary/aromatic N) is 1. The Morgan fingerprint density at radius 1 is 1.24 bits per heavy atom. The SMILES string of the molecule is CCCN(CCC)C(=O)c1ccc(C)cc1Br. The van der Waals surface area contributed by atoms with Gasteiger partial charge in [-0.1, -0.05) is 19.9 Å². The second kappa shape index (κ2) is 6.80. The predicted octanol–water partition coefficient (Wildman–Crippen LogP) is 4.02. The van der Waals surface area contributed by atoms with Gasteiger partial charge >= 0.3 is 0 Å². The van der Waals surface area contributed by atoms with Crippen molar-refractivity contribution in [3.05, 3.63) is 33.8 Å². The molecule has 0 fully saturated rings. The molecule has 94 valence electrons. The average Bonchev–Trinajstić information content (AvgIpc) is 2.28. The highest BCUT2D eigenvalue weighted by Crippen LogP contribution is 2.20. The number of hydrogen-bond donors (Lipinski definition) is 0. The maximum Gasteiger partial charge on any atom is 0.254 e. The molecule has 17 heavy (non-hydrogen) atoms. The van der Waals surface area contributed by atoms with E-state index in [1.54, 1.807) is 0 Å². The molecule has 3 heteroatoms. The highest BCUT2D eigenvalue weighted by atomic mass is 79.9. The summed E-state index contributed by atoms with van der Waals surface area (Å²) in [6.45, 7) is 7.87. The molecule has 0 aliphatic rings. The zero-order valence-electron chi connectivity index (χ0n) is 10.8. The third-order valence-electron chi connectivity index (χ3n) is 2.63. The topological polar surface area (TPSA) is 20.3 Å². The molecule has 0 heterocycles. The van der Waals surface area contributed by atoms with Gasteiger partial charge in [0, 0.05) is 17.6 Å². The summed E-state index contributed by atoms with van der Waals surface area (Å²) in [4.78, 5) is 14.3. The van der Waals surface area contributed by atoms with Gasteiger partial charge in [-0.05, 0) is 53.4 Å². The van der Waals surface area contributed by atoms with Crippen LogP contribution in [-0.4, -0.2) is 23.9 Å². The van der Waals surface area contributed by atoms with Crippen molar-refractivity contribution in [1.82, 2.24) is 4.90 Å². The third kappa shape index (κ3) is 3.84. The van der Waals surface area contributed by atoms with Gasteiger partial charge in [-0.3, -0.25) is 4.79 Å². The van der Waals surface area contributed by atoms with Crippen molar-refractivity contribution in [2.75, 3.05) is 13.1 Å². The second-order valence-corrected chi connectivity index (χ2v) is 5.13. The lowest BCUT2D eigenvalue weighted by molar-refractivity contribution is 0.0754. The van der Waals surface area contributed by atoms with Crippen LogP contribution in [0.15, 0.2) is 22.7 Å². The molecule has 0 saturated heterocycles. The number of amides is 1. The lowest BCUT2D eigenvalue weighted by Crippen LogP contribution is -2.32. The van der Waals surface area contributed by atoms with Crippen molar-refractivity contribution in [3.8, 4) is 0 Å². The average molecular weight is 298 g/mol. The van der Waals surface area contributed by atoms with Gasteiger partial charge in [0.05, 0.1) is 5.56 Å². The first-order valence-corrected chi connectivity index (χ1v) is 6.94. The van der Waals surface area contributed by atoms with Crippen molar-refractivity contribution in [3.63, 3.8) is 0 Å². The summed E-state index contributed by atoms with van der Waals surface area (Å²) in [5.74, 6) is 0.126. The molecule has 0 unspecified atom stereocenters. The normalized spacial score (nSPS) is 10.4. The number of benzene rings is 1. The van der Waals surface area contributed by atoms with E-state index in [0.717, 1.165) is 41.5 Å². The first-order chi connectivity index (χ1) is 8.10. The Balaban J connectivity index is 2.92. The molecule has 0 saturated carbocycles. The Bertz CT molecular complexity index is 384. The maximum atomic E-state index is 12.4. The van der Waals surface area contributed by atoms with Gasteiger partial charge in [-0.25, -0.2) is 0 Å². The van der Waals surface area contributed by atoms with Gasteiger partial charge < -0.3 is 4.90 Å². The first kappa shape index (κ1) is 14.2. The molecule has 0 atom stereocenters. The van der Waals surface area contributed by atoms with Crippen LogP contribution in [0.1, 0.15) is 42.6 Å². The Hall–Kier alpha value is -0.830. The van der Waals surface area contributed by atoms with E-state index in [1.807, 2.05) is 30.0 Å². The molecule has 1 aromatic rings. The number of halogens is 1. The molecule has 0 aliphatic carbocycles. The zero-order valence-corrected chi connectivity index (χ0v) is 12.4. The van der Waals surface area contributed by atoms with Crippen LogP contribution in [-0.2, 0) is 0 Å². The van der Waals surface area contributed by atoms with Crippen molar-refractivity contribution in [2.45, 2.75) is 33.6 Å². The Morgan fingerprint density at radius 3 is 2.29 bits per heavy atom. The second-order valence-electron chi connectivity index (χ2n) is 4.28. The molecule has 1 amide bonds. The van der Waals surface area contributed by atoms with Crippen molar-refractivity contribution in [1.29, 1.82) is 0 Å². The minimum absolute atomic E-state index is 0.126. The minimum Gasteiger partial charge on any atom is -0.339 e. The summed E-state index contributed by atoms with van der Waals surface area (Å²) in [5, 5.41) is 0. The summed E-state index contributed by atoms with van der Waals surface area (Å²) in [6, 6.07) is 5.87. The summed E-state index contributed by atoms with van der Waals surface area (Å²) in [7, 11) is 0. The van der Waals surface area contributed by atoms with Gasteiger partial charge in [0.2, 0.25) is 0 Å². The Morgan fingerprint density at radius 2 is 1.82 bits per heavy atom. The fraction of sp³-hybridized carbons (Fsp3) is 0.500. The standard InChI is InChI=1S/C14H20BrNO/c1-4-8-16(9-5-2)14(17)12-7-6-11(3)10-13(12)15/h6-7,10H,4-5,8-9H2,1-3H3. The molecule has 2 nitrogen and oxygen atoms in total. The van der Waals surface area contributed by atoms with Crippen molar-refractivity contribution >= 4 is 21.8 Å². The smallest absolute Gasteiger partial charge is 0.254 e. The quantitative estimate of drug-likeness (QED) is 0.804. The summed E-state index contributed by atoms with van der Waals surface area (Å²) in [6.07, 6.45) is 1.99. The number of aryl methyl sites for hydroxylation is 1. The van der Waals surface area contributed by atoms with Crippen LogP contribution < -0.4 is 0 Å². The Kier molecular flexibility index (Phi) is 5.69. The number of carbonyl (C=O) groups excluding carboxylic acids is 1. The Labute approximate surface area is 112 Å². The largest absolute Gasteiger partial charge is 0.339 e. The molecule has 0 spiro atoms. The molecule has 0 N–H and O–H groups in total. The van der Waals surface area contributed by atoms with E-state index in [4.69, 9.17) is 0 Å². The molecular weight excluding hydrogens is 278 g/mol. The van der Waals surface area contributed by atoms with Gasteiger partial charge in [0.15, 0.2) is 0 Å². The lowest BCUT2D eigenvalue weighted by Gasteiger charge is -2.22. The first-order valence-electron chi connectivity index (χ1n) is 6.15. The molecule has 0 aliphatic heterocycles. The predicted molar refractivity (Wildman–Crippen MR) is 75.4 cm³/mol. The highest BCUT2D eigenvalue weighted by molar-refractivity contribution is 9.10. The van der Waals surface area contributed by atoms with E-state index in [2.05, 4.69) is 29.8 Å². The fourth-order valence-corrected chi connectivity index (χ4v) is 2.48. The van der Waals surface area contributed by atoms with Crippen LogP contribution in [0, 0.1) is 6.92 Å². The zero-order chi connectivity index (χ0) is 12.8. The van der Waals surface area contributed by atoms with Crippen molar-refractivity contribution in [2.24, 2.45) is 0 Å². The van der Waals surface area contributed by atoms with Crippen LogP contribution in [0.5, 0.6) is 0 Å². The number of hydrogen-bond acceptors (Lipinski definition) is 1. The molecule has 1 rings (SSSR count). The summed E-state index contributed by atoms with van der Waals surface area (Å²) < 4.78 is 0.889. The van der Waals surface area contributed by atoms with E-state index in [0.29, 0.717) is 0 Å². The third-order valence-corrected chi connectivity index (χ3v) is 3.29. The van der Waals surface area contributed by atoms with E-state index in [-0.39, 0.29) is 5.91 Å². The van der Waals surface area contributed by atoms with E-state index >= 15 is 0 Å². The van der Waals surface area contributed by atoms with Crippen LogP contribution >= 0.6 is 15.9 Å². The summed E-state index contributed by atoms with van der Waals surface area (Å²) in [5.41, 5.74) is 1.92. The van der Waals surface area contributed by atoms with Crippen LogP contribution in [0.2, 0.25) is 0 Å². The molecule has 0 bridgehead atoms. The maximum absolute atomic E-state index is 12.4. The molecular formula is C14H20BrNO. The molecule has 0 radical (unpaired) electrons. The van der Waals surface area contributed by atoms with Gasteiger partial charge in [0.1, 0.15) is 0 Å². The highest BCUT2D eigenvalue weighted by Gasteiger charge is 2.16. The van der Waals surface area contributed by atoms with Crippen molar-refractivity contribution < 1.29 is 4.79 Å². The van der Waals surface area contributed by atoms with Gasteiger partial charge in [-0.2, -0.15) is 0 Å². The van der Waals surface area contributed by atoms with E-state index in [1.165, 1.54) is 0 Å².